The van der Waals surface area contributed by atoms with Crippen LogP contribution in [0.3, 0.4) is 0 Å². The SMILES string of the molecule is COc1ncccc1NC(=O)CCSCc1nc2sc3c(c2c(=O)[nH]1)CCCC3. The smallest absolute Gasteiger partial charge is 0.259 e. The van der Waals surface area contributed by atoms with Gasteiger partial charge in [-0.25, -0.2) is 9.97 Å². The molecule has 0 saturated carbocycles. The zero-order valence-corrected chi connectivity index (χ0v) is 17.8. The molecule has 0 atom stereocenters. The molecule has 3 aromatic heterocycles. The molecular weight excluding hydrogens is 408 g/mol. The van der Waals surface area contributed by atoms with Gasteiger partial charge in [0.25, 0.3) is 5.56 Å². The first-order chi connectivity index (χ1) is 14.2. The van der Waals surface area contributed by atoms with E-state index in [2.05, 4.69) is 20.3 Å². The van der Waals surface area contributed by atoms with Gasteiger partial charge in [-0.05, 0) is 43.4 Å². The second kappa shape index (κ2) is 8.96. The van der Waals surface area contributed by atoms with Crippen LogP contribution in [0.15, 0.2) is 23.1 Å². The molecule has 0 aliphatic heterocycles. The standard InChI is InChI=1S/C20H22N4O3S2/c1-27-19-13(6-4-9-21-19)22-16(25)8-10-28-11-15-23-18(26)17-12-5-2-3-7-14(12)29-20(17)24-15/h4,6,9H,2-3,5,7-8,10-11H2,1H3,(H,22,25)(H,23,24,26). The Bertz CT molecular complexity index is 1090. The summed E-state index contributed by atoms with van der Waals surface area (Å²) in [7, 11) is 1.52. The number of pyridine rings is 1. The van der Waals surface area contributed by atoms with E-state index in [0.717, 1.165) is 29.5 Å². The first kappa shape index (κ1) is 19.9. The van der Waals surface area contributed by atoms with E-state index in [4.69, 9.17) is 4.74 Å². The van der Waals surface area contributed by atoms with Crippen LogP contribution in [-0.2, 0) is 23.4 Å². The predicted octanol–water partition coefficient (Wildman–Crippen LogP) is 3.53. The summed E-state index contributed by atoms with van der Waals surface area (Å²) in [5.74, 6) is 2.14. The Morgan fingerprint density at radius 3 is 3.10 bits per heavy atom. The maximum absolute atomic E-state index is 12.6. The molecule has 7 nitrogen and oxygen atoms in total. The zero-order chi connectivity index (χ0) is 20.2. The highest BCUT2D eigenvalue weighted by molar-refractivity contribution is 7.98. The minimum absolute atomic E-state index is 0.0357. The number of aryl methyl sites for hydroxylation is 2. The molecule has 0 spiro atoms. The highest BCUT2D eigenvalue weighted by Crippen LogP contribution is 2.33. The van der Waals surface area contributed by atoms with E-state index in [0.29, 0.717) is 35.3 Å². The lowest BCUT2D eigenvalue weighted by molar-refractivity contribution is -0.115. The second-order valence-corrected chi connectivity index (χ2v) is 9.00. The van der Waals surface area contributed by atoms with Gasteiger partial charge in [0.15, 0.2) is 0 Å². The van der Waals surface area contributed by atoms with Crippen LogP contribution in [0.5, 0.6) is 5.88 Å². The summed E-state index contributed by atoms with van der Waals surface area (Å²) in [5.41, 5.74) is 1.72. The number of ether oxygens (including phenoxy) is 1. The van der Waals surface area contributed by atoms with Gasteiger partial charge in [0, 0.05) is 23.2 Å². The molecule has 0 fully saturated rings. The van der Waals surface area contributed by atoms with Crippen molar-refractivity contribution in [3.8, 4) is 5.88 Å². The summed E-state index contributed by atoms with van der Waals surface area (Å²) in [4.78, 5) is 38.5. The van der Waals surface area contributed by atoms with E-state index in [1.165, 1.54) is 24.0 Å². The maximum atomic E-state index is 12.6. The number of amides is 1. The van der Waals surface area contributed by atoms with Gasteiger partial charge in [0.05, 0.1) is 18.2 Å². The van der Waals surface area contributed by atoms with Gasteiger partial charge in [0.2, 0.25) is 11.8 Å². The normalized spacial score (nSPS) is 13.3. The molecule has 1 aliphatic rings. The number of carbonyl (C=O) groups is 1. The largest absolute Gasteiger partial charge is 0.480 e. The molecular formula is C20H22N4O3S2. The van der Waals surface area contributed by atoms with Crippen molar-refractivity contribution in [3.05, 3.63) is 44.9 Å². The molecule has 0 saturated heterocycles. The highest BCUT2D eigenvalue weighted by Gasteiger charge is 2.19. The number of thiophene rings is 1. The monoisotopic (exact) mass is 430 g/mol. The number of hydrogen-bond donors (Lipinski definition) is 2. The minimum Gasteiger partial charge on any atom is -0.480 e. The third-order valence-corrected chi connectivity index (χ3v) is 6.98. The summed E-state index contributed by atoms with van der Waals surface area (Å²) in [6.07, 6.45) is 6.32. The fraction of sp³-hybridized carbons (Fsp3) is 0.400. The number of nitrogens with one attached hydrogen (secondary N) is 2. The van der Waals surface area contributed by atoms with Crippen LogP contribution in [0.25, 0.3) is 10.2 Å². The summed E-state index contributed by atoms with van der Waals surface area (Å²) >= 11 is 3.23. The van der Waals surface area contributed by atoms with Gasteiger partial charge in [-0.2, -0.15) is 11.8 Å². The quantitative estimate of drug-likeness (QED) is 0.557. The number of H-pyrrole nitrogens is 1. The molecule has 152 valence electrons. The summed E-state index contributed by atoms with van der Waals surface area (Å²) < 4.78 is 5.13. The molecule has 0 bridgehead atoms. The molecule has 3 heterocycles. The number of aromatic amines is 1. The molecule has 0 radical (unpaired) electrons. The highest BCUT2D eigenvalue weighted by atomic mass is 32.2. The number of anilines is 1. The van der Waals surface area contributed by atoms with Crippen LogP contribution in [0.2, 0.25) is 0 Å². The van der Waals surface area contributed by atoms with Gasteiger partial charge in [-0.15, -0.1) is 11.3 Å². The number of thioether (sulfide) groups is 1. The molecule has 29 heavy (non-hydrogen) atoms. The number of nitrogens with zero attached hydrogens (tertiary/aromatic N) is 2. The molecule has 1 amide bonds. The predicted molar refractivity (Wildman–Crippen MR) is 117 cm³/mol. The Morgan fingerprint density at radius 2 is 2.24 bits per heavy atom. The van der Waals surface area contributed by atoms with Crippen LogP contribution in [0, 0.1) is 0 Å². The van der Waals surface area contributed by atoms with Crippen molar-refractivity contribution in [3.63, 3.8) is 0 Å². The second-order valence-electron chi connectivity index (χ2n) is 6.81. The minimum atomic E-state index is -0.105. The van der Waals surface area contributed by atoms with Crippen molar-refractivity contribution in [2.45, 2.75) is 37.9 Å². The van der Waals surface area contributed by atoms with Crippen LogP contribution < -0.4 is 15.6 Å². The van der Waals surface area contributed by atoms with E-state index in [-0.39, 0.29) is 11.5 Å². The molecule has 2 N–H and O–H groups in total. The van der Waals surface area contributed by atoms with E-state index in [1.54, 1.807) is 41.4 Å². The molecule has 1 aliphatic carbocycles. The van der Waals surface area contributed by atoms with Crippen LogP contribution >= 0.6 is 23.1 Å². The Labute approximate surface area is 176 Å². The van der Waals surface area contributed by atoms with Crippen molar-refractivity contribution in [1.29, 1.82) is 0 Å². The third kappa shape index (κ3) is 4.45. The van der Waals surface area contributed by atoms with E-state index in [9.17, 15) is 9.59 Å². The summed E-state index contributed by atoms with van der Waals surface area (Å²) in [5, 5.41) is 3.59. The van der Waals surface area contributed by atoms with Crippen LogP contribution in [-0.4, -0.2) is 33.7 Å². The van der Waals surface area contributed by atoms with Crippen molar-refractivity contribution in [1.82, 2.24) is 15.0 Å². The lowest BCUT2D eigenvalue weighted by Gasteiger charge is -2.09. The summed E-state index contributed by atoms with van der Waals surface area (Å²) in [6, 6.07) is 3.49. The number of methoxy groups -OCH3 is 1. The Hall–Kier alpha value is -2.39. The lowest BCUT2D eigenvalue weighted by atomic mass is 9.97. The van der Waals surface area contributed by atoms with Gasteiger partial charge in [-0.1, -0.05) is 0 Å². The fourth-order valence-corrected chi connectivity index (χ4v) is 5.56. The average molecular weight is 431 g/mol. The number of aromatic nitrogens is 3. The number of rotatable bonds is 7. The first-order valence-corrected chi connectivity index (χ1v) is 11.5. The first-order valence-electron chi connectivity index (χ1n) is 9.55. The zero-order valence-electron chi connectivity index (χ0n) is 16.1. The van der Waals surface area contributed by atoms with E-state index < -0.39 is 0 Å². The maximum Gasteiger partial charge on any atom is 0.259 e. The Kier molecular flexibility index (Phi) is 6.15. The molecule has 4 rings (SSSR count). The Morgan fingerprint density at radius 1 is 1.38 bits per heavy atom. The van der Waals surface area contributed by atoms with E-state index >= 15 is 0 Å². The van der Waals surface area contributed by atoms with Gasteiger partial charge in [-0.3, -0.25) is 9.59 Å². The topological polar surface area (TPSA) is 97.0 Å². The molecule has 3 aromatic rings. The third-order valence-electron chi connectivity index (χ3n) is 4.82. The average Bonchev–Trinajstić information content (AvgIpc) is 3.10. The van der Waals surface area contributed by atoms with E-state index in [1.807, 2.05) is 0 Å². The fourth-order valence-electron chi connectivity index (χ4n) is 3.47. The lowest BCUT2D eigenvalue weighted by Crippen LogP contribution is -2.14. The molecule has 9 heteroatoms. The molecule has 0 aromatic carbocycles. The van der Waals surface area contributed by atoms with Crippen molar-refractivity contribution in [2.24, 2.45) is 0 Å². The van der Waals surface area contributed by atoms with Crippen LogP contribution in [0.4, 0.5) is 5.69 Å². The van der Waals surface area contributed by atoms with Crippen molar-refractivity contribution < 1.29 is 9.53 Å². The Balaban J connectivity index is 1.33. The van der Waals surface area contributed by atoms with Gasteiger partial charge in [0.1, 0.15) is 16.3 Å². The molecule has 0 unspecified atom stereocenters. The summed E-state index contributed by atoms with van der Waals surface area (Å²) in [6.45, 7) is 0. The van der Waals surface area contributed by atoms with Crippen molar-refractivity contribution in [2.75, 3.05) is 18.2 Å². The van der Waals surface area contributed by atoms with Gasteiger partial charge < -0.3 is 15.0 Å². The number of carbonyl (C=O) groups excluding carboxylic acids is 1. The van der Waals surface area contributed by atoms with Crippen LogP contribution in [0.1, 0.15) is 35.5 Å². The van der Waals surface area contributed by atoms with Crippen molar-refractivity contribution >= 4 is 44.9 Å². The van der Waals surface area contributed by atoms with Gasteiger partial charge >= 0.3 is 0 Å². The number of fused-ring (bicyclic) bond motifs is 3. The number of hydrogen-bond acceptors (Lipinski definition) is 7.